The zero-order chi connectivity index (χ0) is 21.1. The molecule has 2 aromatic carbocycles. The van der Waals surface area contributed by atoms with E-state index in [1.54, 1.807) is 43.9 Å². The Labute approximate surface area is 177 Å². The number of hydrogen-bond acceptors (Lipinski definition) is 6. The molecule has 0 fully saturated rings. The van der Waals surface area contributed by atoms with Crippen molar-refractivity contribution in [1.29, 1.82) is 5.26 Å². The number of nitriles is 1. The van der Waals surface area contributed by atoms with Gasteiger partial charge < -0.3 is 14.8 Å². The molecule has 0 aliphatic carbocycles. The van der Waals surface area contributed by atoms with E-state index >= 15 is 0 Å². The summed E-state index contributed by atoms with van der Waals surface area (Å²) in [5.41, 5.74) is 2.86. The molecule has 7 heteroatoms. The molecule has 0 saturated heterocycles. The van der Waals surface area contributed by atoms with E-state index in [9.17, 15) is 10.1 Å². The van der Waals surface area contributed by atoms with Crippen LogP contribution in [0.4, 0.5) is 5.00 Å². The molecule has 2 heterocycles. The molecule has 0 unspecified atom stereocenters. The number of nitrogens with zero attached hydrogens (tertiary/aromatic N) is 2. The predicted molar refractivity (Wildman–Crippen MR) is 117 cm³/mol. The lowest BCUT2D eigenvalue weighted by atomic mass is 10.0. The number of hydrogen-bond donors (Lipinski definition) is 1. The minimum Gasteiger partial charge on any atom is -0.497 e. The molecule has 1 N–H and O–H groups in total. The van der Waals surface area contributed by atoms with Gasteiger partial charge in [-0.15, -0.1) is 11.3 Å². The number of carbonyl (C=O) groups is 1. The third kappa shape index (κ3) is 3.56. The summed E-state index contributed by atoms with van der Waals surface area (Å²) in [6.45, 7) is 0. The molecule has 0 radical (unpaired) electrons. The molecular weight excluding hydrogens is 398 g/mol. The molecule has 0 saturated carbocycles. The van der Waals surface area contributed by atoms with Crippen LogP contribution in [0, 0.1) is 11.3 Å². The highest BCUT2D eigenvalue weighted by molar-refractivity contribution is 7.14. The summed E-state index contributed by atoms with van der Waals surface area (Å²) in [7, 11) is 3.17. The molecule has 2 aromatic heterocycles. The second kappa shape index (κ2) is 8.23. The number of fused-ring (bicyclic) bond motifs is 1. The Morgan fingerprint density at radius 2 is 1.93 bits per heavy atom. The fourth-order valence-corrected chi connectivity index (χ4v) is 3.91. The predicted octanol–water partition coefficient (Wildman–Crippen LogP) is 5.10. The van der Waals surface area contributed by atoms with Gasteiger partial charge >= 0.3 is 0 Å². The van der Waals surface area contributed by atoms with Gasteiger partial charge in [-0.05, 0) is 41.8 Å². The van der Waals surface area contributed by atoms with E-state index in [0.29, 0.717) is 44.4 Å². The number of methoxy groups -OCH3 is 2. The Morgan fingerprint density at radius 3 is 2.70 bits per heavy atom. The highest BCUT2D eigenvalue weighted by Crippen LogP contribution is 2.35. The molecule has 4 rings (SSSR count). The van der Waals surface area contributed by atoms with E-state index in [4.69, 9.17) is 14.5 Å². The van der Waals surface area contributed by atoms with Crippen LogP contribution in [0.5, 0.6) is 11.5 Å². The fraction of sp³-hybridized carbons (Fsp3) is 0.0870. The van der Waals surface area contributed by atoms with E-state index < -0.39 is 0 Å². The Balaban J connectivity index is 1.87. The van der Waals surface area contributed by atoms with Gasteiger partial charge in [-0.2, -0.15) is 5.26 Å². The maximum Gasteiger partial charge on any atom is 0.257 e. The third-order valence-electron chi connectivity index (χ3n) is 4.66. The lowest BCUT2D eigenvalue weighted by Gasteiger charge is -2.13. The average Bonchev–Trinajstić information content (AvgIpc) is 3.24. The molecular formula is C23H17N3O3S. The number of nitrogens with one attached hydrogen (secondary N) is 1. The number of thiophene rings is 1. The summed E-state index contributed by atoms with van der Waals surface area (Å²) in [4.78, 5) is 17.9. The Bertz CT molecular complexity index is 1290. The topological polar surface area (TPSA) is 84.2 Å². The molecule has 0 spiro atoms. The van der Waals surface area contributed by atoms with Crippen LogP contribution in [0.15, 0.2) is 60.0 Å². The van der Waals surface area contributed by atoms with E-state index in [1.807, 2.05) is 30.3 Å². The van der Waals surface area contributed by atoms with Crippen molar-refractivity contribution in [1.82, 2.24) is 4.98 Å². The van der Waals surface area contributed by atoms with Crippen molar-refractivity contribution >= 4 is 33.1 Å². The van der Waals surface area contributed by atoms with Gasteiger partial charge in [0.1, 0.15) is 22.6 Å². The normalized spacial score (nSPS) is 10.4. The lowest BCUT2D eigenvalue weighted by Crippen LogP contribution is -2.13. The quantitative estimate of drug-likeness (QED) is 0.490. The Hall–Kier alpha value is -3.89. The van der Waals surface area contributed by atoms with E-state index in [2.05, 4.69) is 11.4 Å². The highest BCUT2D eigenvalue weighted by Gasteiger charge is 2.18. The first-order valence-electron chi connectivity index (χ1n) is 9.05. The molecule has 4 aromatic rings. The van der Waals surface area contributed by atoms with Gasteiger partial charge in [-0.3, -0.25) is 4.79 Å². The summed E-state index contributed by atoms with van der Waals surface area (Å²) in [6, 6.07) is 18.4. The number of pyridine rings is 1. The summed E-state index contributed by atoms with van der Waals surface area (Å²) in [5, 5.41) is 15.1. The number of benzene rings is 2. The van der Waals surface area contributed by atoms with Crippen LogP contribution in [0.3, 0.4) is 0 Å². The highest BCUT2D eigenvalue weighted by atomic mass is 32.1. The van der Waals surface area contributed by atoms with Gasteiger partial charge in [0.25, 0.3) is 5.91 Å². The van der Waals surface area contributed by atoms with Gasteiger partial charge in [0, 0.05) is 10.9 Å². The SMILES string of the molecule is COc1ccc(OC)c(-c2cc(C(=O)Nc3sccc3C#N)c3ccccc3n2)c1. The minimum atomic E-state index is -0.310. The molecule has 0 aliphatic rings. The van der Waals surface area contributed by atoms with Crippen molar-refractivity contribution in [3.63, 3.8) is 0 Å². The summed E-state index contributed by atoms with van der Waals surface area (Å²) >= 11 is 1.31. The van der Waals surface area contributed by atoms with Crippen LogP contribution in [0.25, 0.3) is 22.2 Å². The lowest BCUT2D eigenvalue weighted by molar-refractivity contribution is 0.102. The van der Waals surface area contributed by atoms with Gasteiger partial charge in [0.15, 0.2) is 0 Å². The minimum absolute atomic E-state index is 0.310. The number of anilines is 1. The monoisotopic (exact) mass is 415 g/mol. The molecule has 0 bridgehead atoms. The van der Waals surface area contributed by atoms with Gasteiger partial charge in [0.05, 0.1) is 36.6 Å². The first-order valence-corrected chi connectivity index (χ1v) is 9.93. The Morgan fingerprint density at radius 1 is 1.10 bits per heavy atom. The standard InChI is InChI=1S/C23H17N3O3S/c1-28-15-7-8-21(29-2)18(11-15)20-12-17(16-5-3-4-6-19(16)25-20)22(27)26-23-14(13-24)9-10-30-23/h3-12H,1-2H3,(H,26,27). The first-order chi connectivity index (χ1) is 14.6. The number of para-hydroxylation sites is 1. The first kappa shape index (κ1) is 19.4. The smallest absolute Gasteiger partial charge is 0.257 e. The van der Waals surface area contributed by atoms with Crippen LogP contribution >= 0.6 is 11.3 Å². The van der Waals surface area contributed by atoms with E-state index in [1.165, 1.54) is 11.3 Å². The van der Waals surface area contributed by atoms with Crippen LogP contribution in [0.1, 0.15) is 15.9 Å². The van der Waals surface area contributed by atoms with Crippen molar-refractivity contribution in [3.05, 3.63) is 71.1 Å². The molecule has 148 valence electrons. The average molecular weight is 415 g/mol. The molecule has 0 atom stereocenters. The van der Waals surface area contributed by atoms with E-state index in [-0.39, 0.29) is 5.91 Å². The van der Waals surface area contributed by atoms with Crippen molar-refractivity contribution < 1.29 is 14.3 Å². The van der Waals surface area contributed by atoms with Crippen molar-refractivity contribution in [2.45, 2.75) is 0 Å². The number of aromatic nitrogens is 1. The zero-order valence-corrected chi connectivity index (χ0v) is 17.1. The van der Waals surface area contributed by atoms with Crippen molar-refractivity contribution in [2.24, 2.45) is 0 Å². The fourth-order valence-electron chi connectivity index (χ4n) is 3.18. The van der Waals surface area contributed by atoms with Gasteiger partial charge in [-0.1, -0.05) is 18.2 Å². The van der Waals surface area contributed by atoms with Gasteiger partial charge in [-0.25, -0.2) is 4.98 Å². The second-order valence-electron chi connectivity index (χ2n) is 6.37. The zero-order valence-electron chi connectivity index (χ0n) is 16.3. The Kier molecular flexibility index (Phi) is 5.33. The van der Waals surface area contributed by atoms with Crippen LogP contribution < -0.4 is 14.8 Å². The maximum absolute atomic E-state index is 13.2. The molecule has 0 aliphatic heterocycles. The summed E-state index contributed by atoms with van der Waals surface area (Å²) < 4.78 is 10.8. The molecule has 6 nitrogen and oxygen atoms in total. The van der Waals surface area contributed by atoms with Crippen LogP contribution in [0.2, 0.25) is 0 Å². The maximum atomic E-state index is 13.2. The summed E-state index contributed by atoms with van der Waals surface area (Å²) in [5.74, 6) is 0.967. The third-order valence-corrected chi connectivity index (χ3v) is 5.49. The second-order valence-corrected chi connectivity index (χ2v) is 7.28. The largest absolute Gasteiger partial charge is 0.497 e. The van der Waals surface area contributed by atoms with Crippen molar-refractivity contribution in [2.75, 3.05) is 19.5 Å². The number of rotatable bonds is 5. The number of amides is 1. The number of carbonyl (C=O) groups excluding carboxylic acids is 1. The summed E-state index contributed by atoms with van der Waals surface area (Å²) in [6.07, 6.45) is 0. The molecule has 30 heavy (non-hydrogen) atoms. The van der Waals surface area contributed by atoms with Crippen LogP contribution in [-0.2, 0) is 0 Å². The van der Waals surface area contributed by atoms with E-state index in [0.717, 1.165) is 5.39 Å². The number of ether oxygens (including phenoxy) is 2. The van der Waals surface area contributed by atoms with Crippen LogP contribution in [-0.4, -0.2) is 25.1 Å². The van der Waals surface area contributed by atoms with Gasteiger partial charge in [0.2, 0.25) is 0 Å². The van der Waals surface area contributed by atoms with Crippen molar-refractivity contribution in [3.8, 4) is 28.8 Å². The molecule has 1 amide bonds.